The van der Waals surface area contributed by atoms with Crippen LogP contribution in [0.5, 0.6) is 0 Å². The Balaban J connectivity index is 1.32. The number of aromatic amines is 1. The fourth-order valence-corrected chi connectivity index (χ4v) is 3.82. The van der Waals surface area contributed by atoms with Gasteiger partial charge in [0.15, 0.2) is 0 Å². The van der Waals surface area contributed by atoms with Gasteiger partial charge in [0, 0.05) is 35.2 Å². The number of nitrogens with one attached hydrogen (secondary N) is 3. The second kappa shape index (κ2) is 6.65. The normalized spacial score (nSPS) is 15.3. The van der Waals surface area contributed by atoms with Gasteiger partial charge in [-0.25, -0.2) is 9.78 Å². The number of hydrogen-bond acceptors (Lipinski definition) is 3. The molecule has 124 valence electrons. The molecule has 1 saturated carbocycles. The Bertz CT molecular complexity index is 823. The van der Waals surface area contributed by atoms with Crippen molar-refractivity contribution in [1.82, 2.24) is 20.6 Å². The van der Waals surface area contributed by atoms with Crippen LogP contribution in [0.4, 0.5) is 4.79 Å². The molecular weight excluding hydrogens is 320 g/mol. The number of carbonyl (C=O) groups excluding carboxylic acids is 1. The molecule has 6 heteroatoms. The number of nitrogens with zero attached hydrogens (tertiary/aromatic N) is 1. The third-order valence-electron chi connectivity index (χ3n) is 4.45. The van der Waals surface area contributed by atoms with Gasteiger partial charge in [0.2, 0.25) is 0 Å². The number of para-hydroxylation sites is 1. The van der Waals surface area contributed by atoms with E-state index in [-0.39, 0.29) is 12.1 Å². The number of amides is 2. The minimum Gasteiger partial charge on any atom is -0.361 e. The lowest BCUT2D eigenvalue weighted by molar-refractivity contribution is 0.235. The van der Waals surface area contributed by atoms with Crippen molar-refractivity contribution < 1.29 is 4.79 Å². The molecule has 1 fully saturated rings. The van der Waals surface area contributed by atoms with E-state index in [1.54, 1.807) is 17.5 Å². The van der Waals surface area contributed by atoms with Gasteiger partial charge in [0.1, 0.15) is 5.01 Å². The van der Waals surface area contributed by atoms with Crippen LogP contribution in [0.3, 0.4) is 0 Å². The largest absolute Gasteiger partial charge is 0.361 e. The summed E-state index contributed by atoms with van der Waals surface area (Å²) in [5.74, 6) is 0.538. The van der Waals surface area contributed by atoms with Gasteiger partial charge in [-0.05, 0) is 36.8 Å². The molecule has 2 heterocycles. The second-order valence-electron chi connectivity index (χ2n) is 6.20. The maximum Gasteiger partial charge on any atom is 0.315 e. The van der Waals surface area contributed by atoms with Crippen LogP contribution in [0.15, 0.2) is 42.0 Å². The van der Waals surface area contributed by atoms with Crippen molar-refractivity contribution in [1.29, 1.82) is 0 Å². The molecule has 0 bridgehead atoms. The van der Waals surface area contributed by atoms with E-state index in [0.717, 1.165) is 16.9 Å². The molecular formula is C18H20N4OS. The first-order chi connectivity index (χ1) is 11.8. The predicted molar refractivity (Wildman–Crippen MR) is 96.1 cm³/mol. The summed E-state index contributed by atoms with van der Waals surface area (Å²) in [7, 11) is 0. The zero-order valence-electron chi connectivity index (χ0n) is 13.3. The van der Waals surface area contributed by atoms with E-state index in [0.29, 0.717) is 12.5 Å². The number of hydrogen-bond donors (Lipinski definition) is 3. The number of benzene rings is 1. The van der Waals surface area contributed by atoms with Crippen LogP contribution in [0.1, 0.15) is 29.5 Å². The average molecular weight is 340 g/mol. The van der Waals surface area contributed by atoms with E-state index in [1.165, 1.54) is 23.8 Å². The van der Waals surface area contributed by atoms with E-state index < -0.39 is 0 Å². The molecule has 0 aliphatic heterocycles. The summed E-state index contributed by atoms with van der Waals surface area (Å²) in [6, 6.07) is 8.17. The van der Waals surface area contributed by atoms with Crippen LogP contribution in [0.25, 0.3) is 10.9 Å². The number of aromatic nitrogens is 2. The number of fused-ring (bicyclic) bond motifs is 1. The van der Waals surface area contributed by atoms with Crippen LogP contribution in [-0.2, 0) is 6.42 Å². The van der Waals surface area contributed by atoms with Crippen LogP contribution in [0.2, 0.25) is 0 Å². The van der Waals surface area contributed by atoms with Gasteiger partial charge in [0.05, 0.1) is 6.04 Å². The minimum absolute atomic E-state index is 0.0538. The number of urea groups is 1. The zero-order valence-corrected chi connectivity index (χ0v) is 14.1. The van der Waals surface area contributed by atoms with Crippen molar-refractivity contribution in [3.63, 3.8) is 0 Å². The third kappa shape index (κ3) is 3.28. The van der Waals surface area contributed by atoms with Gasteiger partial charge in [-0.1, -0.05) is 18.2 Å². The topological polar surface area (TPSA) is 69.8 Å². The molecule has 0 unspecified atom stereocenters. The summed E-state index contributed by atoms with van der Waals surface area (Å²) in [4.78, 5) is 19.8. The number of rotatable bonds is 6. The highest BCUT2D eigenvalue weighted by Gasteiger charge is 2.34. The van der Waals surface area contributed by atoms with Crippen LogP contribution >= 0.6 is 11.3 Å². The van der Waals surface area contributed by atoms with Crippen LogP contribution in [0, 0.1) is 5.92 Å². The minimum atomic E-state index is -0.109. The van der Waals surface area contributed by atoms with Crippen molar-refractivity contribution in [2.24, 2.45) is 5.92 Å². The Kier molecular flexibility index (Phi) is 4.21. The number of carbonyl (C=O) groups is 1. The van der Waals surface area contributed by atoms with Gasteiger partial charge in [-0.15, -0.1) is 11.3 Å². The van der Waals surface area contributed by atoms with Crippen molar-refractivity contribution in [2.45, 2.75) is 25.3 Å². The Labute approximate surface area is 144 Å². The van der Waals surface area contributed by atoms with E-state index in [1.807, 2.05) is 23.7 Å². The fraction of sp³-hybridized carbons (Fsp3) is 0.333. The van der Waals surface area contributed by atoms with E-state index >= 15 is 0 Å². The smallest absolute Gasteiger partial charge is 0.315 e. The SMILES string of the molecule is O=C(NCCc1c[nH]c2ccccc12)N[C@@H](c1nccs1)C1CC1. The summed E-state index contributed by atoms with van der Waals surface area (Å²) < 4.78 is 0. The van der Waals surface area contributed by atoms with Gasteiger partial charge in [0.25, 0.3) is 0 Å². The Morgan fingerprint density at radius 2 is 2.25 bits per heavy atom. The fourth-order valence-electron chi connectivity index (χ4n) is 3.04. The first-order valence-electron chi connectivity index (χ1n) is 8.30. The van der Waals surface area contributed by atoms with E-state index in [2.05, 4.69) is 32.7 Å². The Morgan fingerprint density at radius 3 is 3.04 bits per heavy atom. The molecule has 1 aliphatic rings. The lowest BCUT2D eigenvalue weighted by Gasteiger charge is -2.16. The lowest BCUT2D eigenvalue weighted by Crippen LogP contribution is -2.39. The van der Waals surface area contributed by atoms with Crippen LogP contribution in [-0.4, -0.2) is 22.5 Å². The summed E-state index contributed by atoms with van der Waals surface area (Å²) in [6.07, 6.45) is 6.96. The number of H-pyrrole nitrogens is 1. The standard InChI is InChI=1S/C18H20N4OS/c23-18(22-16(12-5-6-12)17-19-9-10-24-17)20-8-7-13-11-21-15-4-2-1-3-14(13)15/h1-4,9-12,16,21H,5-8H2,(H2,20,22,23)/t16-/m1/s1. The monoisotopic (exact) mass is 340 g/mol. The van der Waals surface area contributed by atoms with E-state index in [9.17, 15) is 4.79 Å². The third-order valence-corrected chi connectivity index (χ3v) is 5.31. The summed E-state index contributed by atoms with van der Waals surface area (Å²) in [6.45, 7) is 0.614. The van der Waals surface area contributed by atoms with Crippen molar-refractivity contribution in [2.75, 3.05) is 6.54 Å². The molecule has 1 aliphatic carbocycles. The first-order valence-corrected chi connectivity index (χ1v) is 9.18. The Morgan fingerprint density at radius 1 is 1.38 bits per heavy atom. The van der Waals surface area contributed by atoms with Gasteiger partial charge >= 0.3 is 6.03 Å². The summed E-state index contributed by atoms with van der Waals surface area (Å²) in [5.41, 5.74) is 2.36. The maximum atomic E-state index is 12.2. The molecule has 1 aromatic carbocycles. The second-order valence-corrected chi connectivity index (χ2v) is 7.12. The number of thiazole rings is 1. The maximum absolute atomic E-state index is 12.2. The predicted octanol–water partition coefficient (Wildman–Crippen LogP) is 3.62. The van der Waals surface area contributed by atoms with Gasteiger partial charge < -0.3 is 15.6 Å². The van der Waals surface area contributed by atoms with Gasteiger partial charge in [-0.3, -0.25) is 0 Å². The van der Waals surface area contributed by atoms with Crippen molar-refractivity contribution in [3.05, 3.63) is 52.6 Å². The van der Waals surface area contributed by atoms with Crippen molar-refractivity contribution >= 4 is 28.3 Å². The highest BCUT2D eigenvalue weighted by Crippen LogP contribution is 2.41. The molecule has 5 nitrogen and oxygen atoms in total. The molecule has 0 saturated heterocycles. The van der Waals surface area contributed by atoms with Crippen molar-refractivity contribution in [3.8, 4) is 0 Å². The molecule has 4 rings (SSSR count). The molecule has 0 radical (unpaired) electrons. The molecule has 1 atom stereocenters. The zero-order chi connectivity index (χ0) is 16.4. The molecule has 2 aromatic heterocycles. The molecule has 24 heavy (non-hydrogen) atoms. The molecule has 3 N–H and O–H groups in total. The highest BCUT2D eigenvalue weighted by atomic mass is 32.1. The molecule has 2 amide bonds. The molecule has 3 aromatic rings. The van der Waals surface area contributed by atoms with E-state index in [4.69, 9.17) is 0 Å². The average Bonchev–Trinajstić information content (AvgIpc) is 3.13. The van der Waals surface area contributed by atoms with Crippen LogP contribution < -0.4 is 10.6 Å². The molecule has 0 spiro atoms. The quantitative estimate of drug-likeness (QED) is 0.641. The highest BCUT2D eigenvalue weighted by molar-refractivity contribution is 7.09. The van der Waals surface area contributed by atoms with Gasteiger partial charge in [-0.2, -0.15) is 0 Å². The summed E-state index contributed by atoms with van der Waals surface area (Å²) >= 11 is 1.61. The Hall–Kier alpha value is -2.34. The summed E-state index contributed by atoms with van der Waals surface area (Å²) in [5, 5.41) is 10.2. The first kappa shape index (κ1) is 15.2. The lowest BCUT2D eigenvalue weighted by atomic mass is 10.1.